The van der Waals surface area contributed by atoms with Crippen LogP contribution in [0.1, 0.15) is 78.0 Å². The highest BCUT2D eigenvalue weighted by molar-refractivity contribution is 5.60. The Balaban J connectivity index is 2.23. The number of benzene rings is 1. The second-order valence-corrected chi connectivity index (χ2v) is 8.97. The molecule has 0 radical (unpaired) electrons. The fourth-order valence-electron chi connectivity index (χ4n) is 3.79. The molecule has 1 aliphatic rings. The Bertz CT molecular complexity index is 648. The molecule has 0 amide bonds. The lowest BCUT2D eigenvalue weighted by molar-refractivity contribution is -0.311. The van der Waals surface area contributed by atoms with Gasteiger partial charge >= 0.3 is 6.16 Å². The van der Waals surface area contributed by atoms with E-state index in [0.29, 0.717) is 0 Å². The molecular formula is C23H35NO4. The maximum Gasteiger partial charge on any atom is 0.508 e. The zero-order valence-electron chi connectivity index (χ0n) is 18.2. The van der Waals surface area contributed by atoms with Crippen LogP contribution in [-0.2, 0) is 14.3 Å². The molecule has 5 heteroatoms. The van der Waals surface area contributed by atoms with Gasteiger partial charge in [0.2, 0.25) is 0 Å². The van der Waals surface area contributed by atoms with E-state index in [1.165, 1.54) is 0 Å². The highest BCUT2D eigenvalue weighted by atomic mass is 16.7. The number of hydrogen-bond acceptors (Lipinski definition) is 5. The van der Waals surface area contributed by atoms with Crippen LogP contribution in [0.2, 0.25) is 0 Å². The first kappa shape index (κ1) is 22.4. The summed E-state index contributed by atoms with van der Waals surface area (Å²) in [7, 11) is 0. The molecule has 156 valence electrons. The van der Waals surface area contributed by atoms with Gasteiger partial charge in [-0.2, -0.15) is 5.06 Å². The van der Waals surface area contributed by atoms with E-state index in [0.717, 1.165) is 30.4 Å². The quantitative estimate of drug-likeness (QED) is 0.543. The maximum atomic E-state index is 11.9. The molecule has 0 aliphatic carbocycles. The Morgan fingerprint density at radius 3 is 2.21 bits per heavy atom. The van der Waals surface area contributed by atoms with Crippen LogP contribution < -0.4 is 0 Å². The third kappa shape index (κ3) is 5.82. The predicted octanol–water partition coefficient (Wildman–Crippen LogP) is 5.91. The van der Waals surface area contributed by atoms with Crippen molar-refractivity contribution in [2.24, 2.45) is 0 Å². The Labute approximate surface area is 169 Å². The maximum absolute atomic E-state index is 11.9. The van der Waals surface area contributed by atoms with Gasteiger partial charge in [-0.25, -0.2) is 4.79 Å². The molecule has 5 nitrogen and oxygen atoms in total. The van der Waals surface area contributed by atoms with Crippen molar-refractivity contribution in [2.75, 3.05) is 6.61 Å². The van der Waals surface area contributed by atoms with Crippen molar-refractivity contribution in [3.63, 3.8) is 0 Å². The minimum Gasteiger partial charge on any atom is -0.432 e. The summed E-state index contributed by atoms with van der Waals surface area (Å²) in [6.07, 6.45) is 3.74. The van der Waals surface area contributed by atoms with E-state index >= 15 is 0 Å². The predicted molar refractivity (Wildman–Crippen MR) is 112 cm³/mol. The minimum absolute atomic E-state index is 0.0850. The summed E-state index contributed by atoms with van der Waals surface area (Å²) < 4.78 is 10.5. The lowest BCUT2D eigenvalue weighted by Crippen LogP contribution is -2.58. The van der Waals surface area contributed by atoms with Gasteiger partial charge in [-0.3, -0.25) is 4.84 Å². The van der Waals surface area contributed by atoms with E-state index in [9.17, 15) is 4.79 Å². The number of rotatable bonds is 7. The van der Waals surface area contributed by atoms with Crippen molar-refractivity contribution in [1.29, 1.82) is 0 Å². The van der Waals surface area contributed by atoms with Crippen LogP contribution in [-0.4, -0.2) is 35.0 Å². The smallest absolute Gasteiger partial charge is 0.432 e. The molecule has 1 aliphatic heterocycles. The topological polar surface area (TPSA) is 48.0 Å². The van der Waals surface area contributed by atoms with E-state index < -0.39 is 12.3 Å². The number of carbonyl (C=O) groups is 1. The first-order valence-electron chi connectivity index (χ1n) is 10.1. The Morgan fingerprint density at radius 1 is 1.14 bits per heavy atom. The van der Waals surface area contributed by atoms with E-state index in [1.807, 2.05) is 24.3 Å². The van der Waals surface area contributed by atoms with Gasteiger partial charge in [0.25, 0.3) is 0 Å². The van der Waals surface area contributed by atoms with Crippen LogP contribution in [0.5, 0.6) is 0 Å². The van der Waals surface area contributed by atoms with Gasteiger partial charge in [0.15, 0.2) is 0 Å². The molecule has 0 bridgehead atoms. The molecule has 1 atom stereocenters. The van der Waals surface area contributed by atoms with E-state index in [4.69, 9.17) is 14.3 Å². The molecule has 1 heterocycles. The SMILES string of the molecule is C=Cc1ccc(C(COC(=O)OC(C)C)ON2C(C)(C)CCCC2(C)C)cc1. The summed E-state index contributed by atoms with van der Waals surface area (Å²) in [5, 5.41) is 2.09. The Morgan fingerprint density at radius 2 is 1.71 bits per heavy atom. The van der Waals surface area contributed by atoms with Crippen molar-refractivity contribution >= 4 is 12.2 Å². The third-order valence-electron chi connectivity index (χ3n) is 5.14. The summed E-state index contributed by atoms with van der Waals surface area (Å²) >= 11 is 0. The second-order valence-electron chi connectivity index (χ2n) is 8.97. The van der Waals surface area contributed by atoms with Crippen LogP contribution >= 0.6 is 0 Å². The molecule has 1 aromatic rings. The highest BCUT2D eigenvalue weighted by Gasteiger charge is 2.44. The summed E-state index contributed by atoms with van der Waals surface area (Å²) in [6.45, 7) is 16.2. The molecule has 0 aromatic heterocycles. The first-order valence-corrected chi connectivity index (χ1v) is 10.1. The lowest BCUT2D eigenvalue weighted by Gasteiger charge is -2.52. The largest absolute Gasteiger partial charge is 0.508 e. The molecule has 0 saturated carbocycles. The molecule has 1 fully saturated rings. The average molecular weight is 390 g/mol. The first-order chi connectivity index (χ1) is 13.0. The number of nitrogens with zero attached hydrogens (tertiary/aromatic N) is 1. The molecular weight excluding hydrogens is 354 g/mol. The van der Waals surface area contributed by atoms with Crippen LogP contribution in [0.4, 0.5) is 4.79 Å². The molecule has 2 rings (SSSR count). The van der Waals surface area contributed by atoms with Crippen LogP contribution in [0.15, 0.2) is 30.8 Å². The van der Waals surface area contributed by atoms with Gasteiger partial charge in [-0.05, 0) is 71.9 Å². The zero-order chi connectivity index (χ0) is 20.9. The monoisotopic (exact) mass is 389 g/mol. The van der Waals surface area contributed by atoms with E-state index in [1.54, 1.807) is 19.9 Å². The van der Waals surface area contributed by atoms with E-state index in [-0.39, 0.29) is 23.8 Å². The van der Waals surface area contributed by atoms with Gasteiger partial charge in [0.05, 0.1) is 6.10 Å². The second kappa shape index (κ2) is 9.10. The number of piperidine rings is 1. The van der Waals surface area contributed by atoms with E-state index in [2.05, 4.69) is 39.3 Å². The number of carbonyl (C=O) groups excluding carboxylic acids is 1. The molecule has 1 aromatic carbocycles. The number of ether oxygens (including phenoxy) is 2. The Hall–Kier alpha value is -1.85. The lowest BCUT2D eigenvalue weighted by atomic mass is 9.82. The number of hydrogen-bond donors (Lipinski definition) is 0. The van der Waals surface area contributed by atoms with Crippen LogP contribution in [0.25, 0.3) is 6.08 Å². The fraction of sp³-hybridized carbons (Fsp3) is 0.609. The van der Waals surface area contributed by atoms with Gasteiger partial charge in [0.1, 0.15) is 12.7 Å². The van der Waals surface area contributed by atoms with Crippen molar-refractivity contribution in [2.45, 2.75) is 84.1 Å². The standard InChI is InChI=1S/C23H35NO4/c1-8-18-10-12-19(13-11-18)20(16-26-21(25)27-17(2)3)28-24-22(4,5)14-9-15-23(24,6)7/h8,10-13,17,20H,1,9,14-16H2,2-7H3. The zero-order valence-corrected chi connectivity index (χ0v) is 18.2. The normalized spacial score (nSPS) is 19.8. The highest BCUT2D eigenvalue weighted by Crippen LogP contribution is 2.40. The molecule has 0 N–H and O–H groups in total. The third-order valence-corrected chi connectivity index (χ3v) is 5.14. The number of hydroxylamine groups is 2. The van der Waals surface area contributed by atoms with Gasteiger partial charge in [-0.15, -0.1) is 0 Å². The molecule has 1 unspecified atom stereocenters. The van der Waals surface area contributed by atoms with Gasteiger partial charge in [-0.1, -0.05) is 36.9 Å². The Kier molecular flexibility index (Phi) is 7.29. The van der Waals surface area contributed by atoms with Gasteiger partial charge < -0.3 is 9.47 Å². The minimum atomic E-state index is -0.677. The van der Waals surface area contributed by atoms with Crippen molar-refractivity contribution in [1.82, 2.24) is 5.06 Å². The average Bonchev–Trinajstić information content (AvgIpc) is 2.59. The fourth-order valence-corrected chi connectivity index (χ4v) is 3.79. The summed E-state index contributed by atoms with van der Waals surface area (Å²) in [5.74, 6) is 0. The van der Waals surface area contributed by atoms with Gasteiger partial charge in [0, 0.05) is 11.1 Å². The van der Waals surface area contributed by atoms with Crippen molar-refractivity contribution < 1.29 is 19.1 Å². The van der Waals surface area contributed by atoms with Crippen LogP contribution in [0.3, 0.4) is 0 Å². The summed E-state index contributed by atoms with van der Waals surface area (Å²) in [4.78, 5) is 18.4. The molecule has 1 saturated heterocycles. The van der Waals surface area contributed by atoms with Crippen molar-refractivity contribution in [3.05, 3.63) is 42.0 Å². The molecule has 28 heavy (non-hydrogen) atoms. The van der Waals surface area contributed by atoms with Crippen molar-refractivity contribution in [3.8, 4) is 0 Å². The summed E-state index contributed by atoms with van der Waals surface area (Å²) in [6, 6.07) is 7.95. The summed E-state index contributed by atoms with van der Waals surface area (Å²) in [5.41, 5.74) is 1.75. The van der Waals surface area contributed by atoms with Crippen LogP contribution in [0, 0.1) is 0 Å². The molecule has 0 spiro atoms.